The van der Waals surface area contributed by atoms with Gasteiger partial charge in [0, 0.05) is 30.6 Å². The zero-order valence-electron chi connectivity index (χ0n) is 19.4. The fourth-order valence-electron chi connectivity index (χ4n) is 6.52. The van der Waals surface area contributed by atoms with Crippen LogP contribution >= 0.6 is 0 Å². The van der Waals surface area contributed by atoms with Gasteiger partial charge in [-0.1, -0.05) is 17.9 Å². The lowest BCUT2D eigenvalue weighted by atomic mass is 9.61. The highest BCUT2D eigenvalue weighted by atomic mass is 16.5. The zero-order valence-corrected chi connectivity index (χ0v) is 19.4. The van der Waals surface area contributed by atoms with E-state index in [1.807, 2.05) is 0 Å². The molecule has 174 valence electrons. The smallest absolute Gasteiger partial charge is 0.262 e. The van der Waals surface area contributed by atoms with Crippen molar-refractivity contribution in [3.8, 4) is 11.8 Å². The first-order chi connectivity index (χ1) is 16.0. The number of nitrogens with two attached hydrogens (primary N) is 1. The van der Waals surface area contributed by atoms with E-state index in [9.17, 15) is 4.79 Å². The third-order valence-corrected chi connectivity index (χ3v) is 8.54. The van der Waals surface area contributed by atoms with Crippen molar-refractivity contribution < 1.29 is 14.3 Å². The van der Waals surface area contributed by atoms with Crippen molar-refractivity contribution in [2.24, 2.45) is 22.1 Å². The van der Waals surface area contributed by atoms with Crippen molar-refractivity contribution in [3.05, 3.63) is 34.9 Å². The van der Waals surface area contributed by atoms with Crippen molar-refractivity contribution in [1.82, 2.24) is 4.90 Å². The maximum absolute atomic E-state index is 14.3. The summed E-state index contributed by atoms with van der Waals surface area (Å²) in [6.07, 6.45) is 9.21. The van der Waals surface area contributed by atoms with E-state index in [0.717, 1.165) is 62.7 Å². The predicted molar refractivity (Wildman–Crippen MR) is 125 cm³/mol. The van der Waals surface area contributed by atoms with Gasteiger partial charge in [0.2, 0.25) is 0 Å². The van der Waals surface area contributed by atoms with Crippen LogP contribution in [0.5, 0.6) is 0 Å². The molecule has 1 aromatic rings. The van der Waals surface area contributed by atoms with Gasteiger partial charge in [-0.25, -0.2) is 4.99 Å². The second-order valence-electron chi connectivity index (χ2n) is 10.5. The van der Waals surface area contributed by atoms with Crippen molar-refractivity contribution in [1.29, 1.82) is 0 Å². The highest BCUT2D eigenvalue weighted by Gasteiger charge is 2.66. The summed E-state index contributed by atoms with van der Waals surface area (Å²) >= 11 is 0. The third kappa shape index (κ3) is 3.32. The van der Waals surface area contributed by atoms with E-state index in [-0.39, 0.29) is 23.5 Å². The van der Waals surface area contributed by atoms with E-state index in [1.54, 1.807) is 12.0 Å². The molecule has 0 unspecified atom stereocenters. The lowest BCUT2D eigenvalue weighted by Gasteiger charge is -2.45. The Morgan fingerprint density at radius 3 is 2.76 bits per heavy atom. The number of ether oxygens (including phenoxy) is 2. The number of benzene rings is 1. The van der Waals surface area contributed by atoms with Crippen LogP contribution in [0.4, 0.5) is 0 Å². The standard InChI is InChI=1S/C27H33N3O3/c1-32-21-10-12-26(13-11-21)16-20-9-8-19(7-6-18-4-5-18)15-23(20)27(26)24(31)30(25(28)29-27)17-22-3-2-14-33-22/h8-9,15,18,21-22H,2-5,10-14,16-17H2,1H3,(H2,28,29)/t21?,22-,26?,27-/m1/s1. The minimum atomic E-state index is -0.957. The minimum absolute atomic E-state index is 0.0254. The molecule has 2 aliphatic heterocycles. The van der Waals surface area contributed by atoms with Gasteiger partial charge in [-0.05, 0) is 81.0 Å². The van der Waals surface area contributed by atoms with Crippen LogP contribution < -0.4 is 5.73 Å². The number of methoxy groups -OCH3 is 1. The maximum Gasteiger partial charge on any atom is 0.262 e. The van der Waals surface area contributed by atoms with Gasteiger partial charge >= 0.3 is 0 Å². The molecule has 0 aromatic heterocycles. The van der Waals surface area contributed by atoms with Crippen LogP contribution in [-0.4, -0.2) is 49.2 Å². The summed E-state index contributed by atoms with van der Waals surface area (Å²) < 4.78 is 11.5. The molecule has 6 rings (SSSR count). The molecular weight excluding hydrogens is 414 g/mol. The normalized spacial score (nSPS) is 35.1. The molecule has 2 heterocycles. The van der Waals surface area contributed by atoms with Crippen LogP contribution in [0.2, 0.25) is 0 Å². The van der Waals surface area contributed by atoms with E-state index in [0.29, 0.717) is 18.4 Å². The molecule has 2 saturated carbocycles. The average molecular weight is 448 g/mol. The number of hydrogen-bond donors (Lipinski definition) is 1. The fraction of sp³-hybridized carbons (Fsp3) is 0.630. The molecule has 5 aliphatic rings. The number of rotatable bonds is 3. The van der Waals surface area contributed by atoms with Crippen LogP contribution in [0, 0.1) is 23.2 Å². The molecule has 6 nitrogen and oxygen atoms in total. The number of carbonyl (C=O) groups is 1. The molecule has 1 aromatic carbocycles. The molecule has 1 saturated heterocycles. The summed E-state index contributed by atoms with van der Waals surface area (Å²) in [6, 6.07) is 6.41. The number of nitrogens with zero attached hydrogens (tertiary/aromatic N) is 2. The molecule has 1 amide bonds. The number of amides is 1. The minimum Gasteiger partial charge on any atom is -0.381 e. The first kappa shape index (κ1) is 21.2. The van der Waals surface area contributed by atoms with Gasteiger partial charge < -0.3 is 15.2 Å². The molecule has 2 atom stereocenters. The monoisotopic (exact) mass is 447 g/mol. The molecule has 3 fully saturated rings. The summed E-state index contributed by atoms with van der Waals surface area (Å²) in [4.78, 5) is 21.1. The predicted octanol–water partition coefficient (Wildman–Crippen LogP) is 3.11. The number of aliphatic imine (C=N–C) groups is 1. The zero-order chi connectivity index (χ0) is 22.6. The first-order valence-corrected chi connectivity index (χ1v) is 12.5. The van der Waals surface area contributed by atoms with E-state index in [4.69, 9.17) is 20.2 Å². The Hall–Kier alpha value is -2.36. The maximum atomic E-state index is 14.3. The fourth-order valence-corrected chi connectivity index (χ4v) is 6.52. The van der Waals surface area contributed by atoms with E-state index in [2.05, 4.69) is 30.0 Å². The summed E-state index contributed by atoms with van der Waals surface area (Å²) in [6.45, 7) is 1.24. The van der Waals surface area contributed by atoms with Crippen molar-refractivity contribution >= 4 is 11.9 Å². The number of guanidine groups is 1. The van der Waals surface area contributed by atoms with Gasteiger partial charge in [-0.3, -0.25) is 9.69 Å². The number of fused-ring (bicyclic) bond motifs is 3. The summed E-state index contributed by atoms with van der Waals surface area (Å²) in [5, 5.41) is 0. The Bertz CT molecular complexity index is 1050. The van der Waals surface area contributed by atoms with Crippen molar-refractivity contribution in [2.75, 3.05) is 20.3 Å². The highest BCUT2D eigenvalue weighted by molar-refractivity contribution is 6.08. The van der Waals surface area contributed by atoms with Gasteiger partial charge in [-0.15, -0.1) is 0 Å². The second-order valence-corrected chi connectivity index (χ2v) is 10.5. The Morgan fingerprint density at radius 2 is 2.06 bits per heavy atom. The van der Waals surface area contributed by atoms with Crippen LogP contribution in [0.25, 0.3) is 0 Å². The SMILES string of the molecule is COC1CCC2(CC1)Cc1ccc(C#CC3CC3)cc1[C@]21N=C(N)N(C[C@H]2CCCO2)C1=O. The molecule has 33 heavy (non-hydrogen) atoms. The van der Waals surface area contributed by atoms with E-state index >= 15 is 0 Å². The number of carbonyl (C=O) groups excluding carboxylic acids is 1. The largest absolute Gasteiger partial charge is 0.381 e. The van der Waals surface area contributed by atoms with Crippen LogP contribution in [0.1, 0.15) is 68.1 Å². The Labute approximate surface area is 195 Å². The number of hydrogen-bond acceptors (Lipinski definition) is 5. The topological polar surface area (TPSA) is 77.2 Å². The van der Waals surface area contributed by atoms with Crippen molar-refractivity contribution in [2.45, 2.75) is 75.5 Å². The average Bonchev–Trinajstić information content (AvgIpc) is 3.36. The molecule has 3 aliphatic carbocycles. The molecule has 2 spiro atoms. The lowest BCUT2D eigenvalue weighted by molar-refractivity contribution is -0.139. The molecular formula is C27H33N3O3. The van der Waals surface area contributed by atoms with Crippen LogP contribution in [0.15, 0.2) is 23.2 Å². The molecule has 0 bridgehead atoms. The highest BCUT2D eigenvalue weighted by Crippen LogP contribution is 2.62. The Morgan fingerprint density at radius 1 is 1.24 bits per heavy atom. The van der Waals surface area contributed by atoms with Gasteiger partial charge in [-0.2, -0.15) is 0 Å². The lowest BCUT2D eigenvalue weighted by Crippen LogP contribution is -2.53. The van der Waals surface area contributed by atoms with E-state index in [1.165, 1.54) is 18.4 Å². The van der Waals surface area contributed by atoms with Crippen molar-refractivity contribution in [3.63, 3.8) is 0 Å². The summed E-state index contributed by atoms with van der Waals surface area (Å²) in [5.41, 5.74) is 8.48. The van der Waals surface area contributed by atoms with Gasteiger partial charge in [0.05, 0.1) is 18.8 Å². The van der Waals surface area contributed by atoms with Crippen LogP contribution in [0.3, 0.4) is 0 Å². The van der Waals surface area contributed by atoms with Gasteiger partial charge in [0.1, 0.15) is 0 Å². The Balaban J connectivity index is 1.42. The van der Waals surface area contributed by atoms with Gasteiger partial charge in [0.25, 0.3) is 5.91 Å². The molecule has 0 radical (unpaired) electrons. The third-order valence-electron chi connectivity index (χ3n) is 8.54. The molecule has 6 heteroatoms. The second kappa shape index (κ2) is 7.85. The molecule has 2 N–H and O–H groups in total. The van der Waals surface area contributed by atoms with Crippen LogP contribution in [-0.2, 0) is 26.2 Å². The van der Waals surface area contributed by atoms with E-state index < -0.39 is 5.54 Å². The first-order valence-electron chi connectivity index (χ1n) is 12.5. The Kier molecular flexibility index (Phi) is 5.04. The van der Waals surface area contributed by atoms with Gasteiger partial charge in [0.15, 0.2) is 11.5 Å². The summed E-state index contributed by atoms with van der Waals surface area (Å²) in [7, 11) is 1.78. The summed E-state index contributed by atoms with van der Waals surface area (Å²) in [5.74, 6) is 7.62. The quantitative estimate of drug-likeness (QED) is 0.723.